The number of nitrogens with zero attached hydrogens (tertiary/aromatic N) is 3. The van der Waals surface area contributed by atoms with Gasteiger partial charge in [-0.2, -0.15) is 0 Å². The highest BCUT2D eigenvalue weighted by Gasteiger charge is 2.33. The summed E-state index contributed by atoms with van der Waals surface area (Å²) < 4.78 is 1.99. The summed E-state index contributed by atoms with van der Waals surface area (Å²) in [4.78, 5) is 27.9. The molecule has 1 amide bonds. The van der Waals surface area contributed by atoms with E-state index < -0.39 is 5.97 Å². The van der Waals surface area contributed by atoms with E-state index in [1.54, 1.807) is 0 Å². The third-order valence-corrected chi connectivity index (χ3v) is 4.93. The fraction of sp³-hybridized carbons (Fsp3) is 0.667. The number of carbonyl (C=O) groups excluding carboxylic acids is 1. The van der Waals surface area contributed by atoms with Gasteiger partial charge in [0.2, 0.25) is 0 Å². The first kappa shape index (κ1) is 18.5. The van der Waals surface area contributed by atoms with Crippen molar-refractivity contribution in [3.8, 4) is 0 Å². The SMILES string of the molecule is CC(C)n1cccc1C(=O)N1CC[C@@H](N(C)C)[C@@H](CCC(=O)O)C1. The van der Waals surface area contributed by atoms with Crippen molar-refractivity contribution in [2.45, 2.75) is 45.2 Å². The molecule has 1 aliphatic heterocycles. The van der Waals surface area contributed by atoms with E-state index in [2.05, 4.69) is 18.7 Å². The minimum Gasteiger partial charge on any atom is -0.481 e. The molecule has 2 heterocycles. The van der Waals surface area contributed by atoms with Crippen LogP contribution in [0.4, 0.5) is 0 Å². The molecule has 0 aliphatic carbocycles. The molecule has 6 nitrogen and oxygen atoms in total. The van der Waals surface area contributed by atoms with Crippen LogP contribution in [0.2, 0.25) is 0 Å². The molecule has 0 unspecified atom stereocenters. The molecule has 1 aromatic heterocycles. The molecule has 0 bridgehead atoms. The number of aliphatic carboxylic acids is 1. The second-order valence-electron chi connectivity index (χ2n) is 7.16. The molecule has 1 N–H and O–H groups in total. The Morgan fingerprint density at radius 3 is 2.67 bits per heavy atom. The van der Waals surface area contributed by atoms with Gasteiger partial charge in [0.05, 0.1) is 0 Å². The van der Waals surface area contributed by atoms with Crippen LogP contribution in [0.5, 0.6) is 0 Å². The van der Waals surface area contributed by atoms with Crippen LogP contribution in [-0.4, -0.2) is 64.6 Å². The summed E-state index contributed by atoms with van der Waals surface area (Å²) in [5, 5.41) is 8.99. The van der Waals surface area contributed by atoms with Gasteiger partial charge >= 0.3 is 5.97 Å². The van der Waals surface area contributed by atoms with Gasteiger partial charge in [0.25, 0.3) is 5.91 Å². The summed E-state index contributed by atoms with van der Waals surface area (Å²) in [6, 6.07) is 4.33. The van der Waals surface area contributed by atoms with Crippen molar-refractivity contribution in [1.82, 2.24) is 14.4 Å². The molecule has 0 saturated carbocycles. The van der Waals surface area contributed by atoms with Crippen molar-refractivity contribution in [3.63, 3.8) is 0 Å². The van der Waals surface area contributed by atoms with Crippen molar-refractivity contribution in [3.05, 3.63) is 24.0 Å². The topological polar surface area (TPSA) is 65.8 Å². The number of aromatic nitrogens is 1. The lowest BCUT2D eigenvalue weighted by Crippen LogP contribution is -2.51. The van der Waals surface area contributed by atoms with Gasteiger partial charge in [-0.3, -0.25) is 9.59 Å². The van der Waals surface area contributed by atoms with Crippen molar-refractivity contribution >= 4 is 11.9 Å². The number of hydrogen-bond acceptors (Lipinski definition) is 3. The third kappa shape index (κ3) is 4.17. The van der Waals surface area contributed by atoms with Crippen molar-refractivity contribution in [2.24, 2.45) is 5.92 Å². The zero-order valence-electron chi connectivity index (χ0n) is 15.1. The normalized spacial score (nSPS) is 21.5. The van der Waals surface area contributed by atoms with E-state index in [4.69, 9.17) is 5.11 Å². The molecule has 1 aliphatic rings. The number of rotatable bonds is 6. The summed E-state index contributed by atoms with van der Waals surface area (Å²) >= 11 is 0. The van der Waals surface area contributed by atoms with Crippen LogP contribution >= 0.6 is 0 Å². The molecule has 6 heteroatoms. The fourth-order valence-corrected chi connectivity index (χ4v) is 3.66. The highest BCUT2D eigenvalue weighted by Crippen LogP contribution is 2.26. The molecule has 1 fully saturated rings. The van der Waals surface area contributed by atoms with Crippen molar-refractivity contribution in [1.29, 1.82) is 0 Å². The fourth-order valence-electron chi connectivity index (χ4n) is 3.66. The van der Waals surface area contributed by atoms with Crippen LogP contribution in [0.15, 0.2) is 18.3 Å². The first-order chi connectivity index (χ1) is 11.3. The molecule has 0 spiro atoms. The Morgan fingerprint density at radius 2 is 2.08 bits per heavy atom. The van der Waals surface area contributed by atoms with Crippen LogP contribution in [0.1, 0.15) is 49.6 Å². The van der Waals surface area contributed by atoms with Gasteiger partial charge in [0, 0.05) is 37.8 Å². The average molecular weight is 335 g/mol. The van der Waals surface area contributed by atoms with E-state index in [-0.39, 0.29) is 24.3 Å². The lowest BCUT2D eigenvalue weighted by molar-refractivity contribution is -0.137. The van der Waals surface area contributed by atoms with Gasteiger partial charge in [-0.05, 0) is 58.8 Å². The highest BCUT2D eigenvalue weighted by molar-refractivity contribution is 5.93. The quantitative estimate of drug-likeness (QED) is 0.866. The number of piperidine rings is 1. The molecule has 2 rings (SSSR count). The Kier molecular flexibility index (Phi) is 6.04. The minimum absolute atomic E-state index is 0.0474. The molecule has 1 aromatic rings. The van der Waals surface area contributed by atoms with E-state index >= 15 is 0 Å². The second-order valence-corrected chi connectivity index (χ2v) is 7.16. The van der Waals surface area contributed by atoms with Gasteiger partial charge in [-0.25, -0.2) is 0 Å². The maximum Gasteiger partial charge on any atom is 0.303 e. The second kappa shape index (κ2) is 7.83. The summed E-state index contributed by atoms with van der Waals surface area (Å²) in [7, 11) is 4.06. The lowest BCUT2D eigenvalue weighted by atomic mass is 9.87. The number of likely N-dealkylation sites (tertiary alicyclic amines) is 1. The number of amides is 1. The molecule has 24 heavy (non-hydrogen) atoms. The van der Waals surface area contributed by atoms with Gasteiger partial charge in [-0.1, -0.05) is 0 Å². The zero-order valence-corrected chi connectivity index (χ0v) is 15.1. The largest absolute Gasteiger partial charge is 0.481 e. The van der Waals surface area contributed by atoms with Gasteiger partial charge in [0.15, 0.2) is 0 Å². The maximum atomic E-state index is 12.9. The van der Waals surface area contributed by atoms with Gasteiger partial charge in [0.1, 0.15) is 5.69 Å². The molecular formula is C18H29N3O3. The van der Waals surface area contributed by atoms with Crippen molar-refractivity contribution < 1.29 is 14.7 Å². The smallest absolute Gasteiger partial charge is 0.303 e. The van der Waals surface area contributed by atoms with E-state index in [1.807, 2.05) is 41.9 Å². The Hall–Kier alpha value is -1.82. The predicted octanol–water partition coefficient (Wildman–Crippen LogP) is 2.33. The lowest BCUT2D eigenvalue weighted by Gasteiger charge is -2.41. The number of hydrogen-bond donors (Lipinski definition) is 1. The summed E-state index contributed by atoms with van der Waals surface area (Å²) in [5.74, 6) is -0.535. The Labute approximate surface area is 144 Å². The molecule has 2 atom stereocenters. The Morgan fingerprint density at radius 1 is 1.38 bits per heavy atom. The monoisotopic (exact) mass is 335 g/mol. The number of carbonyl (C=O) groups is 2. The van der Waals surface area contributed by atoms with E-state index in [0.29, 0.717) is 31.2 Å². The predicted molar refractivity (Wildman–Crippen MR) is 93.2 cm³/mol. The highest BCUT2D eigenvalue weighted by atomic mass is 16.4. The van der Waals surface area contributed by atoms with Crippen LogP contribution in [0, 0.1) is 5.92 Å². The van der Waals surface area contributed by atoms with Crippen LogP contribution < -0.4 is 0 Å². The summed E-state index contributed by atoms with van der Waals surface area (Å²) in [6.45, 7) is 5.46. The van der Waals surface area contributed by atoms with E-state index in [0.717, 1.165) is 6.42 Å². The molecule has 0 radical (unpaired) electrons. The third-order valence-electron chi connectivity index (χ3n) is 4.93. The molecule has 0 aromatic carbocycles. The number of carboxylic acid groups (broad SMARTS) is 1. The zero-order chi connectivity index (χ0) is 17.9. The van der Waals surface area contributed by atoms with Crippen molar-refractivity contribution in [2.75, 3.05) is 27.2 Å². The van der Waals surface area contributed by atoms with Gasteiger partial charge in [-0.15, -0.1) is 0 Å². The molecule has 1 saturated heterocycles. The van der Waals surface area contributed by atoms with E-state index in [9.17, 15) is 9.59 Å². The Bertz CT molecular complexity index is 580. The maximum absolute atomic E-state index is 12.9. The van der Waals surface area contributed by atoms with Crippen LogP contribution in [0.25, 0.3) is 0 Å². The number of carboxylic acids is 1. The molecular weight excluding hydrogens is 306 g/mol. The summed E-state index contributed by atoms with van der Waals surface area (Å²) in [6.07, 6.45) is 3.57. The standard InChI is InChI=1S/C18H29N3O3/c1-13(2)21-10-5-6-16(21)18(24)20-11-9-15(19(3)4)14(12-20)7-8-17(22)23/h5-6,10,13-15H,7-9,11-12H2,1-4H3,(H,22,23)/t14-,15+/m0/s1. The van der Waals surface area contributed by atoms with Gasteiger partial charge < -0.3 is 19.5 Å². The minimum atomic E-state index is -0.773. The van der Waals surface area contributed by atoms with E-state index in [1.165, 1.54) is 0 Å². The first-order valence-corrected chi connectivity index (χ1v) is 8.65. The van der Waals surface area contributed by atoms with Crippen LogP contribution in [0.3, 0.4) is 0 Å². The van der Waals surface area contributed by atoms with Crippen LogP contribution in [-0.2, 0) is 4.79 Å². The molecule has 134 valence electrons. The summed E-state index contributed by atoms with van der Waals surface area (Å²) in [5.41, 5.74) is 0.713. The average Bonchev–Trinajstić information content (AvgIpc) is 3.01. The Balaban J connectivity index is 2.12. The first-order valence-electron chi connectivity index (χ1n) is 8.65.